The molecule has 8 heteroatoms. The average molecular weight is 358 g/mol. The number of hydrogen-bond acceptors (Lipinski definition) is 4. The van der Waals surface area contributed by atoms with E-state index >= 15 is 0 Å². The van der Waals surface area contributed by atoms with Crippen molar-refractivity contribution in [3.63, 3.8) is 0 Å². The molecule has 1 saturated heterocycles. The molecule has 1 aromatic rings. The maximum absolute atomic E-state index is 12.8. The van der Waals surface area contributed by atoms with Crippen molar-refractivity contribution in [1.82, 2.24) is 15.5 Å². The van der Waals surface area contributed by atoms with Gasteiger partial charge in [-0.25, -0.2) is 9.59 Å². The third kappa shape index (κ3) is 3.40. The van der Waals surface area contributed by atoms with E-state index in [-0.39, 0.29) is 11.8 Å². The highest BCUT2D eigenvalue weighted by Gasteiger charge is 2.55. The summed E-state index contributed by atoms with van der Waals surface area (Å²) in [5.41, 5.74) is -0.384. The smallest absolute Gasteiger partial charge is 0.323 e. The molecule has 1 aliphatic carbocycles. The number of para-hydroxylation sites is 1. The van der Waals surface area contributed by atoms with Gasteiger partial charge in [0.25, 0.3) is 5.91 Å². The van der Waals surface area contributed by atoms with Gasteiger partial charge in [-0.2, -0.15) is 0 Å². The standard InChI is InChI=1S/C18H22N4O4/c1-12-7-5-6-10-18(12)15(24)22(17(26)21-18)11-14(23)20-16(25)19-13-8-3-2-4-9-13/h2-4,8-9,12H,5-7,10-11H2,1H3,(H,21,26)(H2,19,20,23,25)/t12-,18+/m0/s1. The van der Waals surface area contributed by atoms with Crippen LogP contribution in [-0.2, 0) is 9.59 Å². The fourth-order valence-corrected chi connectivity index (χ4v) is 3.63. The molecule has 6 amide bonds. The van der Waals surface area contributed by atoms with Gasteiger partial charge in [-0.05, 0) is 30.9 Å². The van der Waals surface area contributed by atoms with Crippen LogP contribution in [0.2, 0.25) is 0 Å². The summed E-state index contributed by atoms with van der Waals surface area (Å²) in [6, 6.07) is 7.35. The number of hydrogen-bond donors (Lipinski definition) is 3. The van der Waals surface area contributed by atoms with E-state index in [0.717, 1.165) is 24.2 Å². The van der Waals surface area contributed by atoms with Gasteiger partial charge < -0.3 is 10.6 Å². The molecule has 1 spiro atoms. The molecule has 0 radical (unpaired) electrons. The Morgan fingerprint density at radius 2 is 1.96 bits per heavy atom. The number of carbonyl (C=O) groups excluding carboxylic acids is 4. The number of rotatable bonds is 3. The van der Waals surface area contributed by atoms with Crippen LogP contribution in [0.4, 0.5) is 15.3 Å². The summed E-state index contributed by atoms with van der Waals surface area (Å²) in [7, 11) is 0. The maximum Gasteiger partial charge on any atom is 0.325 e. The van der Waals surface area contributed by atoms with Crippen LogP contribution in [0, 0.1) is 5.92 Å². The van der Waals surface area contributed by atoms with Crippen LogP contribution in [0.1, 0.15) is 32.6 Å². The van der Waals surface area contributed by atoms with Crippen molar-refractivity contribution in [3.8, 4) is 0 Å². The lowest BCUT2D eigenvalue weighted by Crippen LogP contribution is -2.54. The third-order valence-electron chi connectivity index (χ3n) is 5.09. The molecule has 2 aliphatic rings. The minimum Gasteiger partial charge on any atom is -0.323 e. The Kier molecular flexibility index (Phi) is 4.92. The van der Waals surface area contributed by atoms with E-state index in [1.165, 1.54) is 0 Å². The van der Waals surface area contributed by atoms with Gasteiger partial charge >= 0.3 is 12.1 Å². The van der Waals surface area contributed by atoms with Crippen LogP contribution in [-0.4, -0.2) is 40.9 Å². The lowest BCUT2D eigenvalue weighted by atomic mass is 9.73. The molecule has 0 aromatic heterocycles. The van der Waals surface area contributed by atoms with Gasteiger partial charge in [0, 0.05) is 5.69 Å². The van der Waals surface area contributed by atoms with Crippen LogP contribution in [0.15, 0.2) is 30.3 Å². The molecule has 2 fully saturated rings. The van der Waals surface area contributed by atoms with Crippen LogP contribution >= 0.6 is 0 Å². The summed E-state index contributed by atoms with van der Waals surface area (Å²) in [4.78, 5) is 49.9. The Morgan fingerprint density at radius 3 is 2.65 bits per heavy atom. The Bertz CT molecular complexity index is 736. The van der Waals surface area contributed by atoms with Crippen molar-refractivity contribution in [2.75, 3.05) is 11.9 Å². The first-order valence-corrected chi connectivity index (χ1v) is 8.72. The van der Waals surface area contributed by atoms with Gasteiger partial charge in [-0.3, -0.25) is 19.8 Å². The Morgan fingerprint density at radius 1 is 1.23 bits per heavy atom. The van der Waals surface area contributed by atoms with E-state index in [4.69, 9.17) is 0 Å². The highest BCUT2D eigenvalue weighted by Crippen LogP contribution is 2.38. The topological polar surface area (TPSA) is 108 Å². The van der Waals surface area contributed by atoms with Gasteiger partial charge in [-0.15, -0.1) is 0 Å². The van der Waals surface area contributed by atoms with Crippen molar-refractivity contribution in [2.45, 2.75) is 38.1 Å². The largest absolute Gasteiger partial charge is 0.325 e. The molecule has 0 bridgehead atoms. The fourth-order valence-electron chi connectivity index (χ4n) is 3.63. The molecule has 8 nitrogen and oxygen atoms in total. The molecular formula is C18H22N4O4. The lowest BCUT2D eigenvalue weighted by molar-refractivity contribution is -0.137. The zero-order valence-electron chi connectivity index (χ0n) is 14.6. The van der Waals surface area contributed by atoms with Crippen LogP contribution in [0.5, 0.6) is 0 Å². The highest BCUT2D eigenvalue weighted by atomic mass is 16.2. The van der Waals surface area contributed by atoms with Crippen LogP contribution in [0.25, 0.3) is 0 Å². The predicted octanol–water partition coefficient (Wildman–Crippen LogP) is 1.84. The zero-order valence-corrected chi connectivity index (χ0v) is 14.6. The average Bonchev–Trinajstić information content (AvgIpc) is 2.83. The molecule has 1 saturated carbocycles. The first kappa shape index (κ1) is 17.9. The second-order valence-electron chi connectivity index (χ2n) is 6.81. The predicted molar refractivity (Wildman–Crippen MR) is 94.2 cm³/mol. The number of carbonyl (C=O) groups is 4. The summed E-state index contributed by atoms with van der Waals surface area (Å²) in [5.74, 6) is -1.09. The highest BCUT2D eigenvalue weighted by molar-refractivity contribution is 6.10. The molecule has 3 rings (SSSR count). The van der Waals surface area contributed by atoms with E-state index in [0.29, 0.717) is 12.1 Å². The quantitative estimate of drug-likeness (QED) is 0.717. The second-order valence-corrected chi connectivity index (χ2v) is 6.81. The summed E-state index contributed by atoms with van der Waals surface area (Å²) >= 11 is 0. The van der Waals surface area contributed by atoms with E-state index in [1.807, 2.05) is 6.92 Å². The Hall–Kier alpha value is -2.90. The van der Waals surface area contributed by atoms with Crippen molar-refractivity contribution < 1.29 is 19.2 Å². The van der Waals surface area contributed by atoms with Crippen molar-refractivity contribution >= 4 is 29.6 Å². The van der Waals surface area contributed by atoms with Crippen LogP contribution in [0.3, 0.4) is 0 Å². The van der Waals surface area contributed by atoms with E-state index in [2.05, 4.69) is 16.0 Å². The number of benzene rings is 1. The molecule has 1 aliphatic heterocycles. The van der Waals surface area contributed by atoms with Gasteiger partial charge in [0.05, 0.1) is 0 Å². The number of amides is 6. The summed E-state index contributed by atoms with van der Waals surface area (Å²) < 4.78 is 0. The van der Waals surface area contributed by atoms with Crippen LogP contribution < -0.4 is 16.0 Å². The third-order valence-corrected chi connectivity index (χ3v) is 5.09. The van der Waals surface area contributed by atoms with Gasteiger partial charge in [0.2, 0.25) is 5.91 Å². The molecule has 1 heterocycles. The normalized spacial score (nSPS) is 25.1. The van der Waals surface area contributed by atoms with E-state index < -0.39 is 30.1 Å². The van der Waals surface area contributed by atoms with Gasteiger partial charge in [-0.1, -0.05) is 38.0 Å². The summed E-state index contributed by atoms with van der Waals surface area (Å²) in [5, 5.41) is 7.42. The number of imide groups is 2. The first-order chi connectivity index (χ1) is 12.4. The summed E-state index contributed by atoms with van der Waals surface area (Å²) in [6.07, 6.45) is 3.30. The molecular weight excluding hydrogens is 336 g/mol. The van der Waals surface area contributed by atoms with Crippen molar-refractivity contribution in [3.05, 3.63) is 30.3 Å². The molecule has 0 unspecified atom stereocenters. The van der Waals surface area contributed by atoms with Crippen molar-refractivity contribution in [2.24, 2.45) is 5.92 Å². The number of nitrogens with one attached hydrogen (secondary N) is 3. The molecule has 2 atom stereocenters. The fraction of sp³-hybridized carbons (Fsp3) is 0.444. The maximum atomic E-state index is 12.8. The second kappa shape index (κ2) is 7.15. The van der Waals surface area contributed by atoms with E-state index in [9.17, 15) is 19.2 Å². The minimum absolute atomic E-state index is 0.0159. The zero-order chi connectivity index (χ0) is 18.7. The van der Waals surface area contributed by atoms with Crippen molar-refractivity contribution in [1.29, 1.82) is 0 Å². The monoisotopic (exact) mass is 358 g/mol. The number of nitrogens with zero attached hydrogens (tertiary/aromatic N) is 1. The van der Waals surface area contributed by atoms with Gasteiger partial charge in [0.15, 0.2) is 0 Å². The molecule has 3 N–H and O–H groups in total. The Balaban J connectivity index is 1.59. The van der Waals surface area contributed by atoms with E-state index in [1.54, 1.807) is 30.3 Å². The SMILES string of the molecule is C[C@H]1CCCC[C@@]12NC(=O)N(CC(=O)NC(=O)Nc1ccccc1)C2=O. The number of anilines is 1. The molecule has 138 valence electrons. The molecule has 26 heavy (non-hydrogen) atoms. The first-order valence-electron chi connectivity index (χ1n) is 8.72. The summed E-state index contributed by atoms with van der Waals surface area (Å²) in [6.45, 7) is 1.45. The molecule has 1 aromatic carbocycles. The minimum atomic E-state index is -0.915. The Labute approximate surface area is 151 Å². The number of urea groups is 2. The van der Waals surface area contributed by atoms with Gasteiger partial charge in [0.1, 0.15) is 12.1 Å². The lowest BCUT2D eigenvalue weighted by Gasteiger charge is -2.36.